The fourth-order valence-corrected chi connectivity index (χ4v) is 2.53. The first kappa shape index (κ1) is 20.0. The Kier molecular flexibility index (Phi) is 6.81. The first-order valence-corrected chi connectivity index (χ1v) is 9.03. The lowest BCUT2D eigenvalue weighted by Gasteiger charge is -2.19. The number of halogens is 1. The van der Waals surface area contributed by atoms with Gasteiger partial charge in [-0.3, -0.25) is 9.59 Å². The van der Waals surface area contributed by atoms with Crippen molar-refractivity contribution in [1.82, 2.24) is 10.6 Å². The van der Waals surface area contributed by atoms with Crippen LogP contribution in [0.2, 0.25) is 5.02 Å². The summed E-state index contributed by atoms with van der Waals surface area (Å²) in [6.45, 7) is 7.13. The van der Waals surface area contributed by atoms with Gasteiger partial charge in [0.25, 0.3) is 5.91 Å². The van der Waals surface area contributed by atoms with E-state index >= 15 is 0 Å². The van der Waals surface area contributed by atoms with E-state index in [9.17, 15) is 9.59 Å². The quantitative estimate of drug-likeness (QED) is 0.802. The molecule has 2 rings (SSSR count). The minimum absolute atomic E-state index is 0.0528. The Morgan fingerprint density at radius 3 is 2.12 bits per heavy atom. The third-order valence-electron chi connectivity index (χ3n) is 4.05. The highest BCUT2D eigenvalue weighted by Crippen LogP contribution is 2.22. The molecule has 0 radical (unpaired) electrons. The van der Waals surface area contributed by atoms with Crippen molar-refractivity contribution in [3.8, 4) is 0 Å². The summed E-state index contributed by atoms with van der Waals surface area (Å²) in [6.07, 6.45) is 0.236. The zero-order chi connectivity index (χ0) is 19.2. The Morgan fingerprint density at radius 1 is 0.923 bits per heavy atom. The second-order valence-electron chi connectivity index (χ2n) is 7.24. The van der Waals surface area contributed by atoms with E-state index in [1.807, 2.05) is 36.4 Å². The second kappa shape index (κ2) is 8.86. The number of hydrogen-bond acceptors (Lipinski definition) is 2. The highest BCUT2D eigenvalue weighted by molar-refractivity contribution is 6.30. The molecule has 26 heavy (non-hydrogen) atoms. The normalized spacial score (nSPS) is 11.1. The van der Waals surface area contributed by atoms with Gasteiger partial charge in [-0.1, -0.05) is 56.6 Å². The van der Waals surface area contributed by atoms with Gasteiger partial charge in [-0.15, -0.1) is 0 Å². The van der Waals surface area contributed by atoms with E-state index < -0.39 is 0 Å². The summed E-state index contributed by atoms with van der Waals surface area (Å²) in [5.41, 5.74) is 2.80. The van der Waals surface area contributed by atoms with Crippen LogP contribution in [0.4, 0.5) is 0 Å². The van der Waals surface area contributed by atoms with Crippen molar-refractivity contribution >= 4 is 23.4 Å². The maximum absolute atomic E-state index is 12.1. The van der Waals surface area contributed by atoms with Gasteiger partial charge in [0.15, 0.2) is 0 Å². The maximum Gasteiger partial charge on any atom is 0.251 e. The summed E-state index contributed by atoms with van der Waals surface area (Å²) >= 11 is 5.83. The average molecular weight is 373 g/mol. The molecule has 0 spiro atoms. The Bertz CT molecular complexity index is 747. The molecular formula is C21H25ClN2O2. The van der Waals surface area contributed by atoms with E-state index in [1.165, 1.54) is 5.56 Å². The third kappa shape index (κ3) is 6.19. The van der Waals surface area contributed by atoms with Crippen LogP contribution in [0.15, 0.2) is 48.5 Å². The topological polar surface area (TPSA) is 58.2 Å². The van der Waals surface area contributed by atoms with Crippen molar-refractivity contribution in [1.29, 1.82) is 0 Å². The molecule has 4 nitrogen and oxygen atoms in total. The first-order chi connectivity index (χ1) is 12.3. The van der Waals surface area contributed by atoms with Crippen LogP contribution in [0.25, 0.3) is 0 Å². The van der Waals surface area contributed by atoms with Crippen molar-refractivity contribution in [3.05, 3.63) is 70.2 Å². The molecule has 0 fully saturated rings. The van der Waals surface area contributed by atoms with Gasteiger partial charge in [0.1, 0.15) is 0 Å². The average Bonchev–Trinajstić information content (AvgIpc) is 2.60. The third-order valence-corrected chi connectivity index (χ3v) is 4.31. The molecule has 2 N–H and O–H groups in total. The number of benzene rings is 2. The van der Waals surface area contributed by atoms with Crippen molar-refractivity contribution in [2.24, 2.45) is 0 Å². The zero-order valence-electron chi connectivity index (χ0n) is 15.4. The molecule has 2 aromatic rings. The number of hydrogen-bond donors (Lipinski definition) is 2. The standard InChI is InChI=1S/C21H25ClN2O2/c1-21(2,3)17-8-6-16(7-9-17)20(26)23-13-12-19(25)24-14-15-4-10-18(22)11-5-15/h4-11H,12-14H2,1-3H3,(H,23,26)(H,24,25). The second-order valence-corrected chi connectivity index (χ2v) is 7.67. The smallest absolute Gasteiger partial charge is 0.251 e. The lowest BCUT2D eigenvalue weighted by molar-refractivity contribution is -0.121. The van der Waals surface area contributed by atoms with Crippen LogP contribution in [0, 0.1) is 0 Å². The molecule has 0 saturated carbocycles. The predicted molar refractivity (Wildman–Crippen MR) is 105 cm³/mol. The summed E-state index contributed by atoms with van der Waals surface area (Å²) in [6, 6.07) is 14.9. The highest BCUT2D eigenvalue weighted by Gasteiger charge is 2.14. The molecule has 0 atom stereocenters. The summed E-state index contributed by atoms with van der Waals surface area (Å²) in [7, 11) is 0. The number of nitrogens with one attached hydrogen (secondary N) is 2. The molecule has 0 aliphatic carbocycles. The molecule has 138 valence electrons. The van der Waals surface area contributed by atoms with Gasteiger partial charge in [0.2, 0.25) is 5.91 Å². The monoisotopic (exact) mass is 372 g/mol. The number of rotatable bonds is 6. The molecule has 0 aromatic heterocycles. The van der Waals surface area contributed by atoms with Crippen LogP contribution in [0.5, 0.6) is 0 Å². The number of amides is 2. The zero-order valence-corrected chi connectivity index (χ0v) is 16.2. The molecule has 0 heterocycles. The Labute approximate surface area is 159 Å². The maximum atomic E-state index is 12.1. The van der Waals surface area contributed by atoms with Crippen LogP contribution < -0.4 is 10.6 Å². The van der Waals surface area contributed by atoms with Gasteiger partial charge in [-0.25, -0.2) is 0 Å². The minimum atomic E-state index is -0.170. The Balaban J connectivity index is 1.73. The summed E-state index contributed by atoms with van der Waals surface area (Å²) in [5, 5.41) is 6.26. The summed E-state index contributed by atoms with van der Waals surface area (Å²) in [5.74, 6) is -0.278. The number of carbonyl (C=O) groups is 2. The SMILES string of the molecule is CC(C)(C)c1ccc(C(=O)NCCC(=O)NCc2ccc(Cl)cc2)cc1. The van der Waals surface area contributed by atoms with Gasteiger partial charge >= 0.3 is 0 Å². The van der Waals surface area contributed by atoms with Gasteiger partial charge in [-0.05, 0) is 40.8 Å². The van der Waals surface area contributed by atoms with Crippen LogP contribution in [-0.2, 0) is 16.8 Å². The van der Waals surface area contributed by atoms with Gasteiger partial charge in [0.05, 0.1) is 0 Å². The molecule has 0 bridgehead atoms. The molecule has 5 heteroatoms. The summed E-state index contributed by atoms with van der Waals surface area (Å²) in [4.78, 5) is 24.0. The van der Waals surface area contributed by atoms with Crippen LogP contribution >= 0.6 is 11.6 Å². The summed E-state index contributed by atoms with van der Waals surface area (Å²) < 4.78 is 0. The molecule has 0 saturated heterocycles. The molecule has 2 amide bonds. The van der Waals surface area contributed by atoms with E-state index in [0.29, 0.717) is 23.7 Å². The Hall–Kier alpha value is -2.33. The van der Waals surface area contributed by atoms with Crippen molar-refractivity contribution < 1.29 is 9.59 Å². The highest BCUT2D eigenvalue weighted by atomic mass is 35.5. The van der Waals surface area contributed by atoms with Crippen molar-refractivity contribution in [2.75, 3.05) is 6.54 Å². The lowest BCUT2D eigenvalue weighted by Crippen LogP contribution is -2.30. The minimum Gasteiger partial charge on any atom is -0.352 e. The molecule has 2 aromatic carbocycles. The van der Waals surface area contributed by atoms with Gasteiger partial charge < -0.3 is 10.6 Å². The van der Waals surface area contributed by atoms with Crippen LogP contribution in [0.3, 0.4) is 0 Å². The van der Waals surface area contributed by atoms with E-state index in [4.69, 9.17) is 11.6 Å². The van der Waals surface area contributed by atoms with Crippen molar-refractivity contribution in [2.45, 2.75) is 39.2 Å². The fraction of sp³-hybridized carbons (Fsp3) is 0.333. The Morgan fingerprint density at radius 2 is 1.54 bits per heavy atom. The fourth-order valence-electron chi connectivity index (χ4n) is 2.40. The molecule has 0 unspecified atom stereocenters. The van der Waals surface area contributed by atoms with E-state index in [0.717, 1.165) is 5.56 Å². The number of carbonyl (C=O) groups excluding carboxylic acids is 2. The first-order valence-electron chi connectivity index (χ1n) is 8.65. The molecule has 0 aliphatic rings. The van der Waals surface area contributed by atoms with Crippen LogP contribution in [-0.4, -0.2) is 18.4 Å². The van der Waals surface area contributed by atoms with Gasteiger partial charge in [0, 0.05) is 30.1 Å². The largest absolute Gasteiger partial charge is 0.352 e. The predicted octanol–water partition coefficient (Wildman–Crippen LogP) is 4.07. The van der Waals surface area contributed by atoms with Crippen molar-refractivity contribution in [3.63, 3.8) is 0 Å². The van der Waals surface area contributed by atoms with Gasteiger partial charge in [-0.2, -0.15) is 0 Å². The molecule has 0 aliphatic heterocycles. The lowest BCUT2D eigenvalue weighted by atomic mass is 9.87. The van der Waals surface area contributed by atoms with E-state index in [-0.39, 0.29) is 23.7 Å². The van der Waals surface area contributed by atoms with E-state index in [1.54, 1.807) is 12.1 Å². The van der Waals surface area contributed by atoms with E-state index in [2.05, 4.69) is 31.4 Å². The molecular weight excluding hydrogens is 348 g/mol. The van der Waals surface area contributed by atoms with Crippen LogP contribution in [0.1, 0.15) is 48.7 Å².